The molecule has 0 aromatic carbocycles. The molecule has 0 aliphatic carbocycles. The second kappa shape index (κ2) is 4.75. The summed E-state index contributed by atoms with van der Waals surface area (Å²) < 4.78 is 22.9. The van der Waals surface area contributed by atoms with Gasteiger partial charge in [0.2, 0.25) is 0 Å². The SMILES string of the molecule is Cc1nc(NC(=O)N[C@@]2(C)CCS(=O)(=O)C2)sc1C. The number of urea groups is 1. The molecule has 0 saturated carbocycles. The molecule has 1 saturated heterocycles. The second-order valence-corrected chi connectivity index (χ2v) is 8.53. The Hall–Kier alpha value is -1.15. The van der Waals surface area contributed by atoms with Crippen LogP contribution in [0.5, 0.6) is 0 Å². The number of carbonyl (C=O) groups is 1. The molecular weight excluding hydrogens is 286 g/mol. The molecule has 2 amide bonds. The molecule has 1 aromatic heterocycles. The fraction of sp³-hybridized carbons (Fsp3) is 0.636. The maximum absolute atomic E-state index is 11.9. The predicted molar refractivity (Wildman–Crippen MR) is 75.4 cm³/mol. The van der Waals surface area contributed by atoms with Crippen molar-refractivity contribution in [1.82, 2.24) is 10.3 Å². The lowest BCUT2D eigenvalue weighted by Gasteiger charge is -2.23. The van der Waals surface area contributed by atoms with Gasteiger partial charge in [-0.15, -0.1) is 11.3 Å². The summed E-state index contributed by atoms with van der Waals surface area (Å²) in [6, 6.07) is -0.409. The Labute approximate surface area is 116 Å². The Morgan fingerprint density at radius 2 is 2.11 bits per heavy atom. The summed E-state index contributed by atoms with van der Waals surface area (Å²) in [5.74, 6) is 0.114. The molecule has 6 nitrogen and oxygen atoms in total. The van der Waals surface area contributed by atoms with Crippen molar-refractivity contribution in [1.29, 1.82) is 0 Å². The maximum atomic E-state index is 11.9. The first-order valence-corrected chi connectivity index (χ1v) is 8.57. The first-order chi connectivity index (χ1) is 8.69. The van der Waals surface area contributed by atoms with Crippen LogP contribution in [-0.2, 0) is 9.84 Å². The van der Waals surface area contributed by atoms with Gasteiger partial charge in [-0.3, -0.25) is 5.32 Å². The van der Waals surface area contributed by atoms with Crippen LogP contribution < -0.4 is 10.6 Å². The predicted octanol–water partition coefficient (Wildman–Crippen LogP) is 1.46. The molecule has 2 N–H and O–H groups in total. The van der Waals surface area contributed by atoms with Crippen LogP contribution >= 0.6 is 11.3 Å². The number of rotatable bonds is 2. The van der Waals surface area contributed by atoms with E-state index >= 15 is 0 Å². The van der Waals surface area contributed by atoms with Gasteiger partial charge in [-0.2, -0.15) is 0 Å². The van der Waals surface area contributed by atoms with E-state index in [1.807, 2.05) is 13.8 Å². The fourth-order valence-electron chi connectivity index (χ4n) is 2.04. The molecule has 106 valence electrons. The number of aryl methyl sites for hydroxylation is 2. The number of nitrogens with one attached hydrogen (secondary N) is 2. The molecule has 1 fully saturated rings. The lowest BCUT2D eigenvalue weighted by atomic mass is 10.0. The number of hydrogen-bond acceptors (Lipinski definition) is 5. The van der Waals surface area contributed by atoms with Gasteiger partial charge < -0.3 is 5.32 Å². The van der Waals surface area contributed by atoms with Crippen molar-refractivity contribution in [2.75, 3.05) is 16.8 Å². The average Bonchev–Trinajstić information content (AvgIpc) is 2.67. The zero-order chi connectivity index (χ0) is 14.3. The van der Waals surface area contributed by atoms with Crippen molar-refractivity contribution < 1.29 is 13.2 Å². The van der Waals surface area contributed by atoms with E-state index in [-0.39, 0.29) is 11.5 Å². The summed E-state index contributed by atoms with van der Waals surface area (Å²) in [6.45, 7) is 5.55. The standard InChI is InChI=1S/C11H17N3O3S2/c1-7-8(2)18-10(12-7)13-9(15)14-11(3)4-5-19(16,17)6-11/h4-6H2,1-3H3,(H2,12,13,14,15)/t11-/m0/s1. The van der Waals surface area contributed by atoms with Gasteiger partial charge in [-0.25, -0.2) is 18.2 Å². The Morgan fingerprint density at radius 1 is 1.42 bits per heavy atom. The molecule has 1 aliphatic heterocycles. The molecule has 2 rings (SSSR count). The van der Waals surface area contributed by atoms with Crippen LogP contribution in [0.15, 0.2) is 0 Å². The van der Waals surface area contributed by atoms with E-state index in [0.29, 0.717) is 11.6 Å². The van der Waals surface area contributed by atoms with Crippen molar-refractivity contribution in [3.8, 4) is 0 Å². The van der Waals surface area contributed by atoms with Crippen molar-refractivity contribution in [2.45, 2.75) is 32.7 Å². The number of aromatic nitrogens is 1. The van der Waals surface area contributed by atoms with Crippen LogP contribution in [0.2, 0.25) is 0 Å². The smallest absolute Gasteiger partial charge is 0.321 e. The molecule has 1 aromatic rings. The van der Waals surface area contributed by atoms with E-state index in [2.05, 4.69) is 15.6 Å². The first-order valence-electron chi connectivity index (χ1n) is 5.93. The topological polar surface area (TPSA) is 88.2 Å². The van der Waals surface area contributed by atoms with Crippen LogP contribution in [-0.4, -0.2) is 36.5 Å². The van der Waals surface area contributed by atoms with Crippen molar-refractivity contribution in [3.05, 3.63) is 10.6 Å². The van der Waals surface area contributed by atoms with Gasteiger partial charge in [0.15, 0.2) is 15.0 Å². The summed E-state index contributed by atoms with van der Waals surface area (Å²) in [4.78, 5) is 17.1. The minimum Gasteiger partial charge on any atom is -0.332 e. The minimum absolute atomic E-state index is 0.0106. The molecule has 1 aliphatic rings. The van der Waals surface area contributed by atoms with Crippen LogP contribution in [0.4, 0.5) is 9.93 Å². The van der Waals surface area contributed by atoms with Gasteiger partial charge >= 0.3 is 6.03 Å². The third kappa shape index (κ3) is 3.44. The van der Waals surface area contributed by atoms with Gasteiger partial charge in [0.05, 0.1) is 22.7 Å². The lowest BCUT2D eigenvalue weighted by Crippen LogP contribution is -2.48. The number of sulfone groups is 1. The van der Waals surface area contributed by atoms with E-state index in [9.17, 15) is 13.2 Å². The third-order valence-corrected chi connectivity index (χ3v) is 6.06. The molecule has 0 spiro atoms. The molecule has 19 heavy (non-hydrogen) atoms. The Bertz CT molecular complexity index is 589. The van der Waals surface area contributed by atoms with Crippen LogP contribution in [0.3, 0.4) is 0 Å². The highest BCUT2D eigenvalue weighted by molar-refractivity contribution is 7.91. The van der Waals surface area contributed by atoms with E-state index in [0.717, 1.165) is 10.6 Å². The Balaban J connectivity index is 1.98. The largest absolute Gasteiger partial charge is 0.332 e. The quantitative estimate of drug-likeness (QED) is 0.865. The third-order valence-electron chi connectivity index (χ3n) is 3.17. The normalized spacial score (nSPS) is 25.2. The number of amides is 2. The molecule has 1 atom stereocenters. The van der Waals surface area contributed by atoms with Gasteiger partial charge in [-0.1, -0.05) is 0 Å². The van der Waals surface area contributed by atoms with Crippen LogP contribution in [0.25, 0.3) is 0 Å². The number of hydrogen-bond donors (Lipinski definition) is 2. The summed E-state index contributed by atoms with van der Waals surface area (Å²) in [7, 11) is -3.03. The summed E-state index contributed by atoms with van der Waals surface area (Å²) in [6.07, 6.45) is 0.443. The monoisotopic (exact) mass is 303 g/mol. The molecule has 0 radical (unpaired) electrons. The van der Waals surface area contributed by atoms with Gasteiger partial charge in [-0.05, 0) is 27.2 Å². The molecule has 8 heteroatoms. The minimum atomic E-state index is -3.03. The highest BCUT2D eigenvalue weighted by atomic mass is 32.2. The van der Waals surface area contributed by atoms with Crippen molar-refractivity contribution in [2.24, 2.45) is 0 Å². The van der Waals surface area contributed by atoms with E-state index in [4.69, 9.17) is 0 Å². The average molecular weight is 303 g/mol. The van der Waals surface area contributed by atoms with E-state index < -0.39 is 21.4 Å². The molecule has 2 heterocycles. The molecular formula is C11H17N3O3S2. The van der Waals surface area contributed by atoms with Gasteiger partial charge in [0.1, 0.15) is 0 Å². The van der Waals surface area contributed by atoms with Crippen molar-refractivity contribution in [3.63, 3.8) is 0 Å². The van der Waals surface area contributed by atoms with E-state index in [1.165, 1.54) is 11.3 Å². The van der Waals surface area contributed by atoms with E-state index in [1.54, 1.807) is 6.92 Å². The maximum Gasteiger partial charge on any atom is 0.321 e. The highest BCUT2D eigenvalue weighted by Crippen LogP contribution is 2.24. The lowest BCUT2D eigenvalue weighted by molar-refractivity contribution is 0.242. The number of thiazole rings is 1. The Morgan fingerprint density at radius 3 is 2.58 bits per heavy atom. The zero-order valence-corrected chi connectivity index (χ0v) is 12.7. The first kappa shape index (κ1) is 14.3. The van der Waals surface area contributed by atoms with Crippen LogP contribution in [0.1, 0.15) is 23.9 Å². The van der Waals surface area contributed by atoms with Gasteiger partial charge in [0, 0.05) is 4.88 Å². The number of anilines is 1. The van der Waals surface area contributed by atoms with Crippen molar-refractivity contribution >= 4 is 32.3 Å². The number of nitrogens with zero attached hydrogens (tertiary/aromatic N) is 1. The van der Waals surface area contributed by atoms with Crippen LogP contribution in [0, 0.1) is 13.8 Å². The highest BCUT2D eigenvalue weighted by Gasteiger charge is 2.39. The number of carbonyl (C=O) groups excluding carboxylic acids is 1. The fourth-order valence-corrected chi connectivity index (χ4v) is 4.94. The molecule has 0 unspecified atom stereocenters. The Kier molecular flexibility index (Phi) is 3.57. The summed E-state index contributed by atoms with van der Waals surface area (Å²) in [5.41, 5.74) is 0.194. The second-order valence-electron chi connectivity index (χ2n) is 5.14. The zero-order valence-electron chi connectivity index (χ0n) is 11.1. The summed E-state index contributed by atoms with van der Waals surface area (Å²) >= 11 is 1.40. The summed E-state index contributed by atoms with van der Waals surface area (Å²) in [5, 5.41) is 5.90. The van der Waals surface area contributed by atoms with Gasteiger partial charge in [0.25, 0.3) is 0 Å². The molecule has 0 bridgehead atoms.